The Kier molecular flexibility index (Phi) is 2.70. The van der Waals surface area contributed by atoms with E-state index in [1.807, 2.05) is 4.67 Å². The van der Waals surface area contributed by atoms with Crippen molar-refractivity contribution in [3.8, 4) is 0 Å². The molecule has 1 rings (SSSR count). The van der Waals surface area contributed by atoms with Gasteiger partial charge in [-0.1, -0.05) is 0 Å². The molecular formula is C4H11N2OP. The van der Waals surface area contributed by atoms with Crippen molar-refractivity contribution in [2.45, 2.75) is 0 Å². The van der Waals surface area contributed by atoms with Gasteiger partial charge in [0.2, 0.25) is 0 Å². The molecule has 48 valence electrons. The van der Waals surface area contributed by atoms with Gasteiger partial charge in [0, 0.05) is 26.2 Å². The number of hydrogen-bond donors (Lipinski definition) is 2. The van der Waals surface area contributed by atoms with Gasteiger partial charge in [0.15, 0.2) is 0 Å². The van der Waals surface area contributed by atoms with Crippen LogP contribution in [0.3, 0.4) is 0 Å². The monoisotopic (exact) mass is 134 g/mol. The van der Waals surface area contributed by atoms with Crippen LogP contribution in [0, 0.1) is 0 Å². The van der Waals surface area contributed by atoms with Crippen molar-refractivity contribution in [1.29, 1.82) is 0 Å². The molecule has 1 heterocycles. The van der Waals surface area contributed by atoms with E-state index in [-0.39, 0.29) is 8.96 Å². The van der Waals surface area contributed by atoms with Crippen molar-refractivity contribution in [3.63, 3.8) is 0 Å². The third-order valence-electron chi connectivity index (χ3n) is 1.26. The number of nitrogens with one attached hydrogen (secondary N) is 1. The minimum absolute atomic E-state index is 0.000309. The van der Waals surface area contributed by atoms with E-state index < -0.39 is 0 Å². The van der Waals surface area contributed by atoms with Crippen LogP contribution >= 0.6 is 8.96 Å². The standard InChI is InChI=1S/C4H11N2OP/c7-8-6-3-1-5-2-4-6/h5,7-8H,1-4H2. The molecule has 0 radical (unpaired) electrons. The van der Waals surface area contributed by atoms with Crippen molar-refractivity contribution in [2.24, 2.45) is 0 Å². The van der Waals surface area contributed by atoms with Crippen LogP contribution in [-0.4, -0.2) is 35.7 Å². The molecule has 8 heavy (non-hydrogen) atoms. The van der Waals surface area contributed by atoms with Gasteiger partial charge in [-0.05, 0) is 0 Å². The van der Waals surface area contributed by atoms with Crippen molar-refractivity contribution in [3.05, 3.63) is 0 Å². The van der Waals surface area contributed by atoms with Crippen LogP contribution in [0.5, 0.6) is 0 Å². The first-order valence-electron chi connectivity index (χ1n) is 2.79. The summed E-state index contributed by atoms with van der Waals surface area (Å²) in [6.07, 6.45) is 0. The highest BCUT2D eigenvalue weighted by Crippen LogP contribution is 2.10. The fraction of sp³-hybridized carbons (Fsp3) is 1.00. The third kappa shape index (κ3) is 1.67. The van der Waals surface area contributed by atoms with Crippen LogP contribution in [0.15, 0.2) is 0 Å². The molecule has 1 fully saturated rings. The molecule has 0 spiro atoms. The van der Waals surface area contributed by atoms with Crippen LogP contribution < -0.4 is 5.32 Å². The van der Waals surface area contributed by atoms with E-state index in [0.717, 1.165) is 26.2 Å². The molecule has 4 heteroatoms. The molecular weight excluding hydrogens is 123 g/mol. The second-order valence-electron chi connectivity index (χ2n) is 1.84. The van der Waals surface area contributed by atoms with Gasteiger partial charge in [-0.3, -0.25) is 4.67 Å². The molecule has 1 aliphatic rings. The van der Waals surface area contributed by atoms with Gasteiger partial charge in [-0.25, -0.2) is 0 Å². The van der Waals surface area contributed by atoms with E-state index in [4.69, 9.17) is 4.89 Å². The zero-order chi connectivity index (χ0) is 5.82. The quantitative estimate of drug-likeness (QED) is 0.470. The van der Waals surface area contributed by atoms with Gasteiger partial charge in [0.1, 0.15) is 0 Å². The summed E-state index contributed by atoms with van der Waals surface area (Å²) < 4.78 is 2.04. The maximum atomic E-state index is 8.62. The first-order chi connectivity index (χ1) is 3.93. The van der Waals surface area contributed by atoms with E-state index in [2.05, 4.69) is 5.32 Å². The molecule has 1 atom stereocenters. The minimum atomic E-state index is 0.000309. The van der Waals surface area contributed by atoms with Crippen LogP contribution in [0.4, 0.5) is 0 Å². The second kappa shape index (κ2) is 3.36. The summed E-state index contributed by atoms with van der Waals surface area (Å²) in [5.41, 5.74) is 0. The summed E-state index contributed by atoms with van der Waals surface area (Å²) in [7, 11) is 0.000309. The Morgan fingerprint density at radius 2 is 2.00 bits per heavy atom. The lowest BCUT2D eigenvalue weighted by atomic mass is 10.4. The molecule has 0 aromatic carbocycles. The topological polar surface area (TPSA) is 35.5 Å². The minimum Gasteiger partial charge on any atom is -0.361 e. The molecule has 1 aliphatic heterocycles. The Hall–Kier alpha value is 0.310. The molecule has 0 aromatic heterocycles. The van der Waals surface area contributed by atoms with E-state index >= 15 is 0 Å². The maximum absolute atomic E-state index is 8.62. The average molecular weight is 134 g/mol. The number of nitrogens with zero attached hydrogens (tertiary/aromatic N) is 1. The zero-order valence-corrected chi connectivity index (χ0v) is 5.72. The predicted octanol–water partition coefficient (Wildman–Crippen LogP) is -0.608. The summed E-state index contributed by atoms with van der Waals surface area (Å²) in [4.78, 5) is 8.62. The van der Waals surface area contributed by atoms with Crippen LogP contribution in [-0.2, 0) is 0 Å². The Morgan fingerprint density at radius 1 is 1.38 bits per heavy atom. The van der Waals surface area contributed by atoms with Gasteiger partial charge < -0.3 is 10.2 Å². The lowest BCUT2D eigenvalue weighted by molar-refractivity contribution is 0.367. The number of piperazine rings is 1. The smallest absolute Gasteiger partial charge is 0.0853 e. The Bertz CT molecular complexity index is 65.1. The SMILES string of the molecule is OPN1CCNCC1. The molecule has 0 bridgehead atoms. The summed E-state index contributed by atoms with van der Waals surface area (Å²) in [5, 5.41) is 3.20. The van der Waals surface area contributed by atoms with Crippen LogP contribution in [0.25, 0.3) is 0 Å². The van der Waals surface area contributed by atoms with Gasteiger partial charge in [-0.2, -0.15) is 0 Å². The molecule has 0 saturated carbocycles. The maximum Gasteiger partial charge on any atom is 0.0853 e. The fourth-order valence-electron chi connectivity index (χ4n) is 0.765. The summed E-state index contributed by atoms with van der Waals surface area (Å²) in [6.45, 7) is 4.03. The highest BCUT2D eigenvalue weighted by atomic mass is 31.1. The number of hydrogen-bond acceptors (Lipinski definition) is 3. The highest BCUT2D eigenvalue weighted by molar-refractivity contribution is 7.28. The molecule has 3 nitrogen and oxygen atoms in total. The van der Waals surface area contributed by atoms with E-state index in [1.54, 1.807) is 0 Å². The first-order valence-corrected chi connectivity index (χ1v) is 3.68. The fourth-order valence-corrected chi connectivity index (χ4v) is 1.19. The van der Waals surface area contributed by atoms with Crippen LogP contribution in [0.1, 0.15) is 0 Å². The predicted molar refractivity (Wildman–Crippen MR) is 35.0 cm³/mol. The normalized spacial score (nSPS) is 25.1. The number of rotatable bonds is 1. The van der Waals surface area contributed by atoms with Gasteiger partial charge in [-0.15, -0.1) is 0 Å². The zero-order valence-electron chi connectivity index (χ0n) is 4.72. The van der Waals surface area contributed by atoms with Crippen molar-refractivity contribution < 1.29 is 4.89 Å². The van der Waals surface area contributed by atoms with Crippen molar-refractivity contribution in [2.75, 3.05) is 26.2 Å². The highest BCUT2D eigenvalue weighted by Gasteiger charge is 2.06. The van der Waals surface area contributed by atoms with E-state index in [9.17, 15) is 0 Å². The Morgan fingerprint density at radius 3 is 2.38 bits per heavy atom. The van der Waals surface area contributed by atoms with E-state index in [0.29, 0.717) is 0 Å². The summed E-state index contributed by atoms with van der Waals surface area (Å²) in [5.74, 6) is 0. The second-order valence-corrected chi connectivity index (χ2v) is 2.67. The lowest BCUT2D eigenvalue weighted by Crippen LogP contribution is -2.38. The molecule has 0 aromatic rings. The summed E-state index contributed by atoms with van der Waals surface area (Å²) in [6, 6.07) is 0. The van der Waals surface area contributed by atoms with E-state index in [1.165, 1.54) is 0 Å². The first kappa shape index (κ1) is 6.43. The van der Waals surface area contributed by atoms with Crippen molar-refractivity contribution >= 4 is 8.96 Å². The van der Waals surface area contributed by atoms with Gasteiger partial charge >= 0.3 is 0 Å². The molecule has 0 aliphatic carbocycles. The van der Waals surface area contributed by atoms with Crippen molar-refractivity contribution in [1.82, 2.24) is 9.99 Å². The van der Waals surface area contributed by atoms with Gasteiger partial charge in [0.25, 0.3) is 0 Å². The Balaban J connectivity index is 2.13. The lowest BCUT2D eigenvalue weighted by Gasteiger charge is -2.23. The average Bonchev–Trinajstić information content (AvgIpc) is 1.90. The molecule has 0 amide bonds. The van der Waals surface area contributed by atoms with Crippen LogP contribution in [0.2, 0.25) is 0 Å². The molecule has 1 saturated heterocycles. The molecule has 1 unspecified atom stereocenters. The Labute approximate surface area is 51.0 Å². The van der Waals surface area contributed by atoms with Gasteiger partial charge in [0.05, 0.1) is 8.96 Å². The third-order valence-corrected chi connectivity index (χ3v) is 1.99. The molecule has 2 N–H and O–H groups in total. The summed E-state index contributed by atoms with van der Waals surface area (Å²) >= 11 is 0. The largest absolute Gasteiger partial charge is 0.361 e.